The van der Waals surface area contributed by atoms with Crippen molar-refractivity contribution in [2.75, 3.05) is 0 Å². The molecule has 7 heteroatoms. The van der Waals surface area contributed by atoms with Gasteiger partial charge in [0.1, 0.15) is 10.8 Å². The van der Waals surface area contributed by atoms with Crippen molar-refractivity contribution < 1.29 is 8.78 Å². The Kier molecular flexibility index (Phi) is 2.75. The summed E-state index contributed by atoms with van der Waals surface area (Å²) in [5, 5.41) is 0.626. The summed E-state index contributed by atoms with van der Waals surface area (Å²) in [6.45, 7) is -0.437. The molecule has 0 spiro atoms. The number of aromatic nitrogens is 3. The molecule has 80 valence electrons. The summed E-state index contributed by atoms with van der Waals surface area (Å²) in [5.41, 5.74) is 0.320. The minimum Gasteiger partial charge on any atom is -0.327 e. The van der Waals surface area contributed by atoms with E-state index in [4.69, 9.17) is 23.2 Å². The van der Waals surface area contributed by atoms with Crippen LogP contribution in [0.1, 0.15) is 0 Å². The van der Waals surface area contributed by atoms with Crippen molar-refractivity contribution in [2.24, 2.45) is 0 Å². The summed E-state index contributed by atoms with van der Waals surface area (Å²) in [5.74, 6) is 0. The predicted octanol–water partition coefficient (Wildman–Crippen LogP) is 3.00. The molecule has 0 fully saturated rings. The third kappa shape index (κ3) is 2.03. The number of hydrogen-bond donors (Lipinski definition) is 0. The first-order chi connectivity index (χ1) is 7.08. The number of rotatable bonds is 2. The van der Waals surface area contributed by atoms with Crippen LogP contribution in [0.4, 0.5) is 8.78 Å². The van der Waals surface area contributed by atoms with Crippen molar-refractivity contribution in [1.82, 2.24) is 14.5 Å². The van der Waals surface area contributed by atoms with E-state index in [0.29, 0.717) is 11.0 Å². The number of halogens is 4. The first-order valence-electron chi connectivity index (χ1n) is 4.04. The van der Waals surface area contributed by atoms with Crippen LogP contribution in [0.5, 0.6) is 0 Å². The molecular formula is C8H5Cl2F2N3. The third-order valence-electron chi connectivity index (χ3n) is 1.88. The first kappa shape index (κ1) is 10.6. The molecule has 0 amide bonds. The first-order valence-corrected chi connectivity index (χ1v) is 4.79. The van der Waals surface area contributed by atoms with Crippen LogP contribution in [-0.2, 0) is 6.54 Å². The van der Waals surface area contributed by atoms with E-state index < -0.39 is 13.0 Å². The van der Waals surface area contributed by atoms with Gasteiger partial charge in [0, 0.05) is 6.20 Å². The Hall–Kier alpha value is -0.940. The van der Waals surface area contributed by atoms with Crippen molar-refractivity contribution in [3.63, 3.8) is 0 Å². The monoisotopic (exact) mass is 251 g/mol. The van der Waals surface area contributed by atoms with E-state index in [1.807, 2.05) is 0 Å². The molecular weight excluding hydrogens is 247 g/mol. The van der Waals surface area contributed by atoms with Crippen LogP contribution in [0, 0.1) is 0 Å². The van der Waals surface area contributed by atoms with E-state index in [0.717, 1.165) is 0 Å². The minimum absolute atomic E-state index is 0.0540. The van der Waals surface area contributed by atoms with Gasteiger partial charge in [-0.05, 0) is 17.7 Å². The van der Waals surface area contributed by atoms with Crippen LogP contribution in [-0.4, -0.2) is 21.0 Å². The summed E-state index contributed by atoms with van der Waals surface area (Å²) < 4.78 is 25.7. The molecule has 0 saturated heterocycles. The van der Waals surface area contributed by atoms with E-state index in [2.05, 4.69) is 9.97 Å². The van der Waals surface area contributed by atoms with Gasteiger partial charge in [0.15, 0.2) is 0 Å². The lowest BCUT2D eigenvalue weighted by Gasteiger charge is -2.03. The highest BCUT2D eigenvalue weighted by atomic mass is 35.5. The van der Waals surface area contributed by atoms with Crippen molar-refractivity contribution in [1.29, 1.82) is 0 Å². The highest BCUT2D eigenvalue weighted by molar-refractivity contribution is 6.35. The van der Waals surface area contributed by atoms with E-state index in [9.17, 15) is 8.78 Å². The Morgan fingerprint density at radius 1 is 1.33 bits per heavy atom. The van der Waals surface area contributed by atoms with Gasteiger partial charge in [-0.2, -0.15) is 4.98 Å². The van der Waals surface area contributed by atoms with Crippen molar-refractivity contribution in [2.45, 2.75) is 13.0 Å². The van der Waals surface area contributed by atoms with E-state index >= 15 is 0 Å². The third-order valence-corrected chi connectivity index (χ3v) is 2.34. The SMILES string of the molecule is FC(F)Cn1ccc2c(Cl)nc(Cl)nc21. The molecule has 0 atom stereocenters. The smallest absolute Gasteiger partial charge is 0.256 e. The van der Waals surface area contributed by atoms with Crippen LogP contribution < -0.4 is 0 Å². The van der Waals surface area contributed by atoms with Crippen molar-refractivity contribution >= 4 is 34.2 Å². The zero-order valence-corrected chi connectivity index (χ0v) is 8.80. The standard InChI is InChI=1S/C8H5Cl2F2N3/c9-6-4-1-2-15(3-5(11)12)7(4)14-8(10)13-6/h1-2,5H,3H2. The Labute approximate surface area is 93.6 Å². The summed E-state index contributed by atoms with van der Waals surface area (Å²) >= 11 is 11.4. The highest BCUT2D eigenvalue weighted by Crippen LogP contribution is 2.23. The fraction of sp³-hybridized carbons (Fsp3) is 0.250. The van der Waals surface area contributed by atoms with Crippen LogP contribution >= 0.6 is 23.2 Å². The second-order valence-electron chi connectivity index (χ2n) is 2.88. The molecule has 0 aliphatic carbocycles. The molecule has 0 N–H and O–H groups in total. The molecule has 2 heterocycles. The molecule has 0 radical (unpaired) electrons. The van der Waals surface area contributed by atoms with Gasteiger partial charge in [0.05, 0.1) is 11.9 Å². The van der Waals surface area contributed by atoms with Gasteiger partial charge < -0.3 is 4.57 Å². The van der Waals surface area contributed by atoms with Crippen LogP contribution in [0.3, 0.4) is 0 Å². The predicted molar refractivity (Wildman–Crippen MR) is 53.6 cm³/mol. The van der Waals surface area contributed by atoms with E-state index in [-0.39, 0.29) is 10.4 Å². The Morgan fingerprint density at radius 2 is 2.07 bits per heavy atom. The maximum absolute atomic E-state index is 12.2. The number of alkyl halides is 2. The molecule has 2 aromatic rings. The lowest BCUT2D eigenvalue weighted by Crippen LogP contribution is -2.06. The van der Waals surface area contributed by atoms with Gasteiger partial charge in [-0.1, -0.05) is 11.6 Å². The number of nitrogens with zero attached hydrogens (tertiary/aromatic N) is 3. The van der Waals surface area contributed by atoms with Crippen molar-refractivity contribution in [3.8, 4) is 0 Å². The van der Waals surface area contributed by atoms with Gasteiger partial charge in [0.25, 0.3) is 6.43 Å². The van der Waals surface area contributed by atoms with E-state index in [1.54, 1.807) is 6.07 Å². The van der Waals surface area contributed by atoms with Gasteiger partial charge in [0.2, 0.25) is 5.28 Å². The maximum atomic E-state index is 12.2. The van der Waals surface area contributed by atoms with Crippen LogP contribution in [0.25, 0.3) is 11.0 Å². The largest absolute Gasteiger partial charge is 0.327 e. The number of fused-ring (bicyclic) bond motifs is 1. The molecule has 0 aliphatic heterocycles. The topological polar surface area (TPSA) is 30.7 Å². The molecule has 0 aromatic carbocycles. The molecule has 2 rings (SSSR count). The minimum atomic E-state index is -2.45. The van der Waals surface area contributed by atoms with Gasteiger partial charge >= 0.3 is 0 Å². The zero-order chi connectivity index (χ0) is 11.0. The maximum Gasteiger partial charge on any atom is 0.256 e. The summed E-state index contributed by atoms with van der Waals surface area (Å²) in [4.78, 5) is 7.56. The van der Waals surface area contributed by atoms with Crippen LogP contribution in [0.15, 0.2) is 12.3 Å². The van der Waals surface area contributed by atoms with Gasteiger partial charge in [-0.25, -0.2) is 13.8 Å². The molecule has 0 aliphatic rings. The summed E-state index contributed by atoms with van der Waals surface area (Å²) in [6.07, 6.45) is -0.971. The van der Waals surface area contributed by atoms with E-state index in [1.165, 1.54) is 10.8 Å². The Morgan fingerprint density at radius 3 is 2.73 bits per heavy atom. The van der Waals surface area contributed by atoms with Crippen LogP contribution in [0.2, 0.25) is 10.4 Å². The average molecular weight is 252 g/mol. The zero-order valence-electron chi connectivity index (χ0n) is 7.29. The number of hydrogen-bond acceptors (Lipinski definition) is 2. The molecule has 2 aromatic heterocycles. The average Bonchev–Trinajstić information content (AvgIpc) is 2.48. The van der Waals surface area contributed by atoms with Gasteiger partial charge in [-0.3, -0.25) is 0 Å². The second kappa shape index (κ2) is 3.90. The Balaban J connectivity index is 2.58. The molecule has 0 bridgehead atoms. The Bertz CT molecular complexity index is 498. The quantitative estimate of drug-likeness (QED) is 0.607. The molecule has 3 nitrogen and oxygen atoms in total. The normalized spacial score (nSPS) is 11.5. The second-order valence-corrected chi connectivity index (χ2v) is 3.58. The van der Waals surface area contributed by atoms with Gasteiger partial charge in [-0.15, -0.1) is 0 Å². The van der Waals surface area contributed by atoms with Crippen molar-refractivity contribution in [3.05, 3.63) is 22.7 Å². The summed E-state index contributed by atoms with van der Waals surface area (Å²) in [7, 11) is 0. The highest BCUT2D eigenvalue weighted by Gasteiger charge is 2.12. The lowest BCUT2D eigenvalue weighted by molar-refractivity contribution is 0.128. The summed E-state index contributed by atoms with van der Waals surface area (Å²) in [6, 6.07) is 1.58. The molecule has 0 saturated carbocycles. The molecule has 15 heavy (non-hydrogen) atoms. The lowest BCUT2D eigenvalue weighted by atomic mass is 10.4. The fourth-order valence-corrected chi connectivity index (χ4v) is 1.73. The molecule has 0 unspecified atom stereocenters. The fourth-order valence-electron chi connectivity index (χ4n) is 1.30.